The van der Waals surface area contributed by atoms with E-state index in [4.69, 9.17) is 9.05 Å². The summed E-state index contributed by atoms with van der Waals surface area (Å²) in [4.78, 5) is 2.28. The molecule has 1 unspecified atom stereocenters. The van der Waals surface area contributed by atoms with Gasteiger partial charge in [-0.3, -0.25) is 4.57 Å². The van der Waals surface area contributed by atoms with Crippen LogP contribution in [0.25, 0.3) is 0 Å². The molecular formula is C24H36IN2O3P. The first-order valence-corrected chi connectivity index (χ1v) is 13.6. The summed E-state index contributed by atoms with van der Waals surface area (Å²) in [5.74, 6) is -0.623. The first-order chi connectivity index (χ1) is 14.6. The van der Waals surface area contributed by atoms with Crippen LogP contribution < -0.4 is 10.2 Å². The number of aryl methyl sites for hydroxylation is 1. The summed E-state index contributed by atoms with van der Waals surface area (Å²) in [6.45, 7) is 15.7. The maximum Gasteiger partial charge on any atom is 0.357 e. The van der Waals surface area contributed by atoms with E-state index in [1.807, 2.05) is 58.9 Å². The van der Waals surface area contributed by atoms with Gasteiger partial charge < -0.3 is 19.3 Å². The van der Waals surface area contributed by atoms with Gasteiger partial charge >= 0.3 is 7.60 Å². The fraction of sp³-hybridized carbons (Fsp3) is 0.500. The second-order valence-corrected chi connectivity index (χ2v) is 11.4. The van der Waals surface area contributed by atoms with Gasteiger partial charge in [-0.1, -0.05) is 12.1 Å². The first kappa shape index (κ1) is 26.2. The molecule has 5 nitrogen and oxygen atoms in total. The highest BCUT2D eigenvalue weighted by Crippen LogP contribution is 2.62. The molecular weight excluding hydrogens is 522 g/mol. The molecule has 0 spiro atoms. The average Bonchev–Trinajstić information content (AvgIpc) is 2.67. The summed E-state index contributed by atoms with van der Waals surface area (Å²) < 4.78 is 27.2. The quantitative estimate of drug-likeness (QED) is 0.227. The Kier molecular flexibility index (Phi) is 9.87. The van der Waals surface area contributed by atoms with Crippen molar-refractivity contribution in [2.45, 2.75) is 66.5 Å². The number of anilines is 2. The molecule has 2 rings (SSSR count). The lowest BCUT2D eigenvalue weighted by Crippen LogP contribution is -2.22. The predicted octanol–water partition coefficient (Wildman–Crippen LogP) is 7.60. The lowest BCUT2D eigenvalue weighted by molar-refractivity contribution is 0.138. The van der Waals surface area contributed by atoms with Crippen LogP contribution in [0.15, 0.2) is 42.5 Å². The van der Waals surface area contributed by atoms with Crippen molar-refractivity contribution >= 4 is 41.6 Å². The molecule has 0 heterocycles. The number of benzene rings is 2. The fourth-order valence-corrected chi connectivity index (χ4v) is 6.42. The summed E-state index contributed by atoms with van der Waals surface area (Å²) in [7, 11) is -3.54. The van der Waals surface area contributed by atoms with Crippen molar-refractivity contribution < 1.29 is 13.6 Å². The van der Waals surface area contributed by atoms with E-state index < -0.39 is 13.4 Å². The molecule has 1 N–H and O–H groups in total. The summed E-state index contributed by atoms with van der Waals surface area (Å²) in [5, 5.41) is 3.49. The zero-order valence-electron chi connectivity index (χ0n) is 19.7. The molecule has 0 aliphatic heterocycles. The van der Waals surface area contributed by atoms with Gasteiger partial charge in [-0.2, -0.15) is 0 Å². The normalized spacial score (nSPS) is 13.0. The van der Waals surface area contributed by atoms with E-state index >= 15 is 0 Å². The van der Waals surface area contributed by atoms with E-state index in [2.05, 4.69) is 64.9 Å². The van der Waals surface area contributed by atoms with Crippen LogP contribution in [0, 0.1) is 10.5 Å². The average molecular weight is 558 g/mol. The van der Waals surface area contributed by atoms with E-state index in [-0.39, 0.29) is 12.2 Å². The maximum atomic E-state index is 14.1. The lowest BCUT2D eigenvalue weighted by atomic mass is 10.1. The zero-order valence-corrected chi connectivity index (χ0v) is 22.7. The van der Waals surface area contributed by atoms with Gasteiger partial charge in [0.05, 0.1) is 12.2 Å². The molecule has 0 bridgehead atoms. The van der Waals surface area contributed by atoms with Gasteiger partial charge in [0.1, 0.15) is 0 Å². The van der Waals surface area contributed by atoms with Crippen molar-refractivity contribution in [3.63, 3.8) is 0 Å². The monoisotopic (exact) mass is 558 g/mol. The van der Waals surface area contributed by atoms with Crippen molar-refractivity contribution in [1.82, 2.24) is 0 Å². The van der Waals surface area contributed by atoms with Crippen LogP contribution in [0.3, 0.4) is 0 Å². The topological polar surface area (TPSA) is 50.8 Å². The number of hydrogen-bond acceptors (Lipinski definition) is 5. The molecule has 0 amide bonds. The van der Waals surface area contributed by atoms with Gasteiger partial charge in [-0.05, 0) is 113 Å². The number of nitrogens with zero attached hydrogens (tertiary/aromatic N) is 1. The van der Waals surface area contributed by atoms with Gasteiger partial charge in [-0.15, -0.1) is 0 Å². The second-order valence-electron chi connectivity index (χ2n) is 8.12. The molecule has 7 heteroatoms. The molecule has 0 aromatic heterocycles. The maximum absolute atomic E-state index is 14.1. The molecule has 0 radical (unpaired) electrons. The van der Waals surface area contributed by atoms with E-state index in [1.54, 1.807) is 0 Å². The molecule has 0 aliphatic rings. The smallest absolute Gasteiger partial charge is 0.357 e. The van der Waals surface area contributed by atoms with Gasteiger partial charge in [0.2, 0.25) is 0 Å². The third-order valence-corrected chi connectivity index (χ3v) is 8.01. The van der Waals surface area contributed by atoms with E-state index in [9.17, 15) is 4.57 Å². The van der Waals surface area contributed by atoms with Crippen LogP contribution in [0.1, 0.15) is 58.5 Å². The highest BCUT2D eigenvalue weighted by atomic mass is 127. The Morgan fingerprint density at radius 2 is 1.52 bits per heavy atom. The van der Waals surface area contributed by atoms with Crippen LogP contribution in [-0.2, 0) is 13.6 Å². The number of nitrogens with one attached hydrogen (secondary N) is 1. The third-order valence-electron chi connectivity index (χ3n) is 4.85. The molecule has 2 aromatic rings. The Balaban J connectivity index is 2.53. The van der Waals surface area contributed by atoms with Crippen LogP contribution in [0.4, 0.5) is 11.4 Å². The molecule has 0 aliphatic carbocycles. The van der Waals surface area contributed by atoms with Crippen molar-refractivity contribution in [2.75, 3.05) is 23.3 Å². The summed E-state index contributed by atoms with van der Waals surface area (Å²) >= 11 is 2.30. The fourth-order valence-electron chi connectivity index (χ4n) is 3.47. The Bertz CT molecular complexity index is 869. The molecule has 0 fully saturated rings. The first-order valence-electron chi connectivity index (χ1n) is 10.9. The van der Waals surface area contributed by atoms with E-state index in [1.165, 1.54) is 0 Å². The standard InChI is InChI=1S/C24H36IN2O3P/c1-8-27(9-2)22-13-10-20(11-14-22)24(26-23-15-12-21(25)16-19(23)7)31(28,29-17(3)4)30-18(5)6/h10-18,24,26H,8-9H2,1-7H3. The Hall–Kier alpha value is -1.08. The minimum Gasteiger partial charge on any atom is -0.372 e. The molecule has 0 saturated heterocycles. The molecule has 1 atom stereocenters. The molecule has 0 saturated carbocycles. The summed E-state index contributed by atoms with van der Waals surface area (Å²) in [6.07, 6.45) is -0.469. The van der Waals surface area contributed by atoms with E-state index in [0.29, 0.717) is 0 Å². The van der Waals surface area contributed by atoms with E-state index in [0.717, 1.165) is 39.2 Å². The summed E-state index contributed by atoms with van der Waals surface area (Å²) in [5.41, 5.74) is 4.01. The van der Waals surface area contributed by atoms with Gasteiger partial charge in [0.15, 0.2) is 5.78 Å². The Morgan fingerprint density at radius 3 is 1.97 bits per heavy atom. The minimum atomic E-state index is -3.54. The highest BCUT2D eigenvalue weighted by Gasteiger charge is 2.39. The molecule has 172 valence electrons. The Labute approximate surface area is 201 Å². The highest BCUT2D eigenvalue weighted by molar-refractivity contribution is 14.1. The second kappa shape index (κ2) is 11.7. The van der Waals surface area contributed by atoms with Crippen LogP contribution in [-0.4, -0.2) is 25.3 Å². The minimum absolute atomic E-state index is 0.235. The molecule has 31 heavy (non-hydrogen) atoms. The third kappa shape index (κ3) is 7.21. The van der Waals surface area contributed by atoms with Crippen LogP contribution >= 0.6 is 30.2 Å². The van der Waals surface area contributed by atoms with Gasteiger partial charge in [0.25, 0.3) is 0 Å². The van der Waals surface area contributed by atoms with Crippen LogP contribution in [0.2, 0.25) is 0 Å². The Morgan fingerprint density at radius 1 is 0.968 bits per heavy atom. The van der Waals surface area contributed by atoms with Crippen molar-refractivity contribution in [1.29, 1.82) is 0 Å². The number of hydrogen-bond donors (Lipinski definition) is 1. The molecule has 2 aromatic carbocycles. The lowest BCUT2D eigenvalue weighted by Gasteiger charge is -2.32. The number of halogens is 1. The SMILES string of the molecule is CCN(CC)c1ccc(C(Nc2ccc(I)cc2C)P(=O)(OC(C)C)OC(C)C)cc1. The van der Waals surface area contributed by atoms with Crippen molar-refractivity contribution in [3.05, 3.63) is 57.2 Å². The summed E-state index contributed by atoms with van der Waals surface area (Å²) in [6, 6.07) is 14.3. The van der Waals surface area contributed by atoms with Crippen molar-refractivity contribution in [2.24, 2.45) is 0 Å². The zero-order chi connectivity index (χ0) is 23.2. The largest absolute Gasteiger partial charge is 0.372 e. The predicted molar refractivity (Wildman–Crippen MR) is 140 cm³/mol. The van der Waals surface area contributed by atoms with Gasteiger partial charge in [0, 0.05) is 28.0 Å². The van der Waals surface area contributed by atoms with Crippen LogP contribution in [0.5, 0.6) is 0 Å². The number of rotatable bonds is 11. The van der Waals surface area contributed by atoms with Crippen molar-refractivity contribution in [3.8, 4) is 0 Å². The van der Waals surface area contributed by atoms with Gasteiger partial charge in [-0.25, -0.2) is 0 Å².